The van der Waals surface area contributed by atoms with Crippen LogP contribution in [0.3, 0.4) is 0 Å². The van der Waals surface area contributed by atoms with E-state index >= 15 is 0 Å². The minimum Gasteiger partial charge on any atom is -0.249 e. The van der Waals surface area contributed by atoms with E-state index in [4.69, 9.17) is 0 Å². The van der Waals surface area contributed by atoms with Gasteiger partial charge in [-0.2, -0.15) is 0 Å². The van der Waals surface area contributed by atoms with E-state index < -0.39 is 0 Å². The molecular formula is C22H16BrN2S+. The molecule has 126 valence electrons. The number of rotatable bonds is 1. The summed E-state index contributed by atoms with van der Waals surface area (Å²) in [5.74, 6) is 0. The van der Waals surface area contributed by atoms with Crippen molar-refractivity contribution in [2.75, 3.05) is 0 Å². The van der Waals surface area contributed by atoms with Crippen LogP contribution in [0, 0.1) is 6.42 Å². The van der Waals surface area contributed by atoms with Gasteiger partial charge < -0.3 is 0 Å². The molecule has 0 amide bonds. The van der Waals surface area contributed by atoms with Gasteiger partial charge in [-0.3, -0.25) is 0 Å². The highest BCUT2D eigenvalue weighted by molar-refractivity contribution is 9.10. The Morgan fingerprint density at radius 3 is 2.88 bits per heavy atom. The zero-order valence-corrected chi connectivity index (χ0v) is 16.9. The van der Waals surface area contributed by atoms with Crippen LogP contribution in [0.15, 0.2) is 64.2 Å². The predicted octanol–water partition coefficient (Wildman–Crippen LogP) is 6.36. The average Bonchev–Trinajstić information content (AvgIpc) is 3.12. The summed E-state index contributed by atoms with van der Waals surface area (Å²) in [6.07, 6.45) is 6.09. The Balaban J connectivity index is 1.67. The second-order valence-electron chi connectivity index (χ2n) is 7.21. The first-order chi connectivity index (χ1) is 12.5. The molecule has 2 aromatic heterocycles. The van der Waals surface area contributed by atoms with Gasteiger partial charge in [-0.05, 0) is 42.4 Å². The standard InChI is InChI=1S/C22H16BrN2S/c1-12-8-13(19-21-20(25-11-24-19)17(23)10-26-21)9-16-18(12)14-6-4-5-7-15(14)22(16,2)3/h4-11H,1H2,2-3H3/q+1. The van der Waals surface area contributed by atoms with Crippen LogP contribution in [0.2, 0.25) is 0 Å². The molecule has 0 bridgehead atoms. The minimum atomic E-state index is -0.0451. The normalized spacial score (nSPS) is 17.8. The average molecular weight is 420 g/mol. The molecular weight excluding hydrogens is 404 g/mol. The number of nitrogens with zero attached hydrogens (tertiary/aromatic N) is 2. The summed E-state index contributed by atoms with van der Waals surface area (Å²) in [4.78, 5) is 9.02. The predicted molar refractivity (Wildman–Crippen MR) is 113 cm³/mol. The molecule has 0 radical (unpaired) electrons. The molecule has 0 N–H and O–H groups in total. The monoisotopic (exact) mass is 419 g/mol. The van der Waals surface area contributed by atoms with Gasteiger partial charge in [0.05, 0.1) is 16.7 Å². The fraction of sp³-hybridized carbons (Fsp3) is 0.136. The Morgan fingerprint density at radius 1 is 1.23 bits per heavy atom. The fourth-order valence-electron chi connectivity index (χ4n) is 4.07. The molecule has 5 rings (SSSR count). The van der Waals surface area contributed by atoms with Crippen LogP contribution in [0.4, 0.5) is 0 Å². The van der Waals surface area contributed by atoms with Gasteiger partial charge in [-0.1, -0.05) is 24.8 Å². The van der Waals surface area contributed by atoms with Crippen molar-refractivity contribution in [1.82, 2.24) is 9.97 Å². The van der Waals surface area contributed by atoms with E-state index in [2.05, 4.69) is 88.5 Å². The molecule has 0 saturated carbocycles. The molecule has 0 atom stereocenters. The zero-order chi connectivity index (χ0) is 18.1. The van der Waals surface area contributed by atoms with Gasteiger partial charge in [0.2, 0.25) is 4.70 Å². The maximum atomic E-state index is 4.60. The van der Waals surface area contributed by atoms with Crippen molar-refractivity contribution >= 4 is 48.6 Å². The van der Waals surface area contributed by atoms with Gasteiger partial charge in [0, 0.05) is 22.1 Å². The largest absolute Gasteiger partial charge is 0.249 e. The van der Waals surface area contributed by atoms with Crippen molar-refractivity contribution in [3.63, 3.8) is 0 Å². The Hall–Kier alpha value is -2.17. The minimum absolute atomic E-state index is 0.0451. The van der Waals surface area contributed by atoms with E-state index in [-0.39, 0.29) is 5.41 Å². The number of allylic oxidation sites excluding steroid dienone is 5. The first-order valence-electron chi connectivity index (χ1n) is 8.47. The van der Waals surface area contributed by atoms with Crippen LogP contribution in [-0.4, -0.2) is 9.97 Å². The van der Waals surface area contributed by atoms with E-state index in [1.165, 1.54) is 22.3 Å². The highest BCUT2D eigenvalue weighted by Crippen LogP contribution is 2.53. The van der Waals surface area contributed by atoms with Crippen LogP contribution < -0.4 is 0 Å². The molecule has 2 nitrogen and oxygen atoms in total. The molecule has 1 aromatic carbocycles. The maximum absolute atomic E-state index is 4.60. The first kappa shape index (κ1) is 16.0. The quantitative estimate of drug-likeness (QED) is 0.338. The summed E-state index contributed by atoms with van der Waals surface area (Å²) in [5.41, 5.74) is 9.32. The van der Waals surface area contributed by atoms with Gasteiger partial charge in [0.1, 0.15) is 28.7 Å². The van der Waals surface area contributed by atoms with Gasteiger partial charge in [0.15, 0.2) is 0 Å². The van der Waals surface area contributed by atoms with E-state index in [0.717, 1.165) is 31.5 Å². The van der Waals surface area contributed by atoms with E-state index in [9.17, 15) is 0 Å². The summed E-state index contributed by atoms with van der Waals surface area (Å²) in [6.45, 7) is 8.96. The molecule has 0 fully saturated rings. The Labute approximate surface area is 165 Å². The highest BCUT2D eigenvalue weighted by atomic mass is 79.9. The lowest BCUT2D eigenvalue weighted by molar-refractivity contribution is 0.648. The number of hydrogen-bond acceptors (Lipinski definition) is 2. The Morgan fingerprint density at radius 2 is 2.04 bits per heavy atom. The van der Waals surface area contributed by atoms with Crippen molar-refractivity contribution in [2.24, 2.45) is 0 Å². The second kappa shape index (κ2) is 5.41. The van der Waals surface area contributed by atoms with Crippen molar-refractivity contribution in [2.45, 2.75) is 19.3 Å². The summed E-state index contributed by atoms with van der Waals surface area (Å²) >= 11 is 5.25. The van der Waals surface area contributed by atoms with Crippen LogP contribution in [0.1, 0.15) is 30.7 Å². The molecule has 0 saturated heterocycles. The molecule has 2 aliphatic rings. The third-order valence-corrected chi connectivity index (χ3v) is 7.23. The molecule has 0 spiro atoms. The van der Waals surface area contributed by atoms with Crippen LogP contribution in [0.25, 0.3) is 21.4 Å². The number of aromatic nitrogens is 2. The number of thiophene rings is 1. The van der Waals surface area contributed by atoms with Crippen LogP contribution >= 0.6 is 27.3 Å². The molecule has 3 aromatic rings. The Kier molecular flexibility index (Phi) is 3.34. The third-order valence-electron chi connectivity index (χ3n) is 5.35. The van der Waals surface area contributed by atoms with Crippen molar-refractivity contribution < 1.29 is 0 Å². The highest BCUT2D eigenvalue weighted by Gasteiger charge is 2.44. The summed E-state index contributed by atoms with van der Waals surface area (Å²) in [5, 5.41) is 2.07. The molecule has 0 aliphatic heterocycles. The molecule has 26 heavy (non-hydrogen) atoms. The molecule has 2 heterocycles. The van der Waals surface area contributed by atoms with Gasteiger partial charge in [-0.25, -0.2) is 9.97 Å². The van der Waals surface area contributed by atoms with Gasteiger partial charge in [0.25, 0.3) is 0 Å². The maximum Gasteiger partial charge on any atom is 0.232 e. The molecule has 2 aliphatic carbocycles. The number of halogens is 1. The van der Waals surface area contributed by atoms with Crippen molar-refractivity contribution in [3.8, 4) is 0 Å². The van der Waals surface area contributed by atoms with E-state index in [0.29, 0.717) is 0 Å². The fourth-order valence-corrected chi connectivity index (χ4v) is 5.67. The number of fused-ring (bicyclic) bond motifs is 3. The van der Waals surface area contributed by atoms with Crippen LogP contribution in [-0.2, 0) is 5.41 Å². The lowest BCUT2D eigenvalue weighted by Gasteiger charge is -2.24. The topological polar surface area (TPSA) is 25.8 Å². The summed E-state index contributed by atoms with van der Waals surface area (Å²) in [6, 6.07) is 8.66. The van der Waals surface area contributed by atoms with Crippen molar-refractivity contribution in [1.29, 1.82) is 0 Å². The number of benzene rings is 1. The van der Waals surface area contributed by atoms with Gasteiger partial charge in [-0.15, -0.1) is 15.9 Å². The smallest absolute Gasteiger partial charge is 0.232 e. The zero-order valence-electron chi connectivity index (χ0n) is 14.5. The Bertz CT molecular complexity index is 1160. The lowest BCUT2D eigenvalue weighted by atomic mass is 9.76. The first-order valence-corrected chi connectivity index (χ1v) is 10.1. The van der Waals surface area contributed by atoms with E-state index in [1.807, 2.05) is 0 Å². The molecule has 4 heteroatoms. The second-order valence-corrected chi connectivity index (χ2v) is 8.95. The lowest BCUT2D eigenvalue weighted by Crippen LogP contribution is -2.19. The van der Waals surface area contributed by atoms with Crippen LogP contribution in [0.5, 0.6) is 0 Å². The summed E-state index contributed by atoms with van der Waals surface area (Å²) < 4.78 is 2.12. The van der Waals surface area contributed by atoms with Gasteiger partial charge >= 0.3 is 0 Å². The number of hydrogen-bond donors (Lipinski definition) is 0. The van der Waals surface area contributed by atoms with Crippen molar-refractivity contribution in [3.05, 3.63) is 87.5 Å². The third kappa shape index (κ3) is 2.06. The molecule has 0 unspecified atom stereocenters. The SMILES string of the molecule is C=C1C=C(c2ncnc3c(Br)c[s+][c-]23)[CH+]C2=C1c1ccccc1C2(C)C. The summed E-state index contributed by atoms with van der Waals surface area (Å²) in [7, 11) is 0. The van der Waals surface area contributed by atoms with E-state index in [1.54, 1.807) is 17.7 Å².